The van der Waals surface area contributed by atoms with Gasteiger partial charge in [0.2, 0.25) is 0 Å². The standard InChI is InChI=1S/C15H14O8P2/c1-15(2)22-24(16)18-11-3-4-12(6-5-11)19-25(17,23-15)21-14-9-7-13(20-24)8-10-14/h3-10H,1-2H3. The summed E-state index contributed by atoms with van der Waals surface area (Å²) < 4.78 is 59.1. The molecule has 6 bridgehead atoms. The van der Waals surface area contributed by atoms with Crippen LogP contribution in [-0.2, 0) is 18.2 Å². The van der Waals surface area contributed by atoms with Crippen LogP contribution < -0.4 is 18.1 Å². The predicted octanol–water partition coefficient (Wildman–Crippen LogP) is 4.91. The molecule has 4 heterocycles. The fraction of sp³-hybridized carbons (Fsp3) is 0.200. The number of rotatable bonds is 0. The molecule has 4 aliphatic heterocycles. The van der Waals surface area contributed by atoms with Gasteiger partial charge in [0.05, 0.1) is 0 Å². The maximum absolute atomic E-state index is 13.2. The first-order chi connectivity index (χ1) is 11.7. The molecule has 2 aromatic carbocycles. The summed E-state index contributed by atoms with van der Waals surface area (Å²) >= 11 is 0. The van der Waals surface area contributed by atoms with Crippen molar-refractivity contribution >= 4 is 15.6 Å². The summed E-state index contributed by atoms with van der Waals surface area (Å²) in [6.45, 7) is 2.80. The summed E-state index contributed by atoms with van der Waals surface area (Å²) in [6, 6.07) is 11.8. The van der Waals surface area contributed by atoms with Gasteiger partial charge < -0.3 is 18.1 Å². The van der Waals surface area contributed by atoms with E-state index < -0.39 is 21.4 Å². The summed E-state index contributed by atoms with van der Waals surface area (Å²) in [5.74, 6) is -0.785. The zero-order chi connectivity index (χ0) is 17.7. The van der Waals surface area contributed by atoms with E-state index in [1.165, 1.54) is 62.4 Å². The summed E-state index contributed by atoms with van der Waals surface area (Å²) in [6.07, 6.45) is 0. The van der Waals surface area contributed by atoms with Crippen LogP contribution in [0.25, 0.3) is 0 Å². The second kappa shape index (κ2) is 5.51. The minimum atomic E-state index is -4.18. The molecule has 25 heavy (non-hydrogen) atoms. The van der Waals surface area contributed by atoms with E-state index in [4.69, 9.17) is 27.1 Å². The van der Waals surface area contributed by atoms with Crippen molar-refractivity contribution < 1.29 is 36.3 Å². The van der Waals surface area contributed by atoms with Crippen LogP contribution in [-0.4, -0.2) is 5.79 Å². The highest BCUT2D eigenvalue weighted by molar-refractivity contribution is 7.50. The first-order valence-corrected chi connectivity index (χ1v) is 10.2. The predicted molar refractivity (Wildman–Crippen MR) is 86.9 cm³/mol. The Hall–Kier alpha value is -1.98. The molecule has 0 unspecified atom stereocenters. The SMILES string of the molecule is CC1(C)OP2(=O)Oc3ccc(cc3)OP(=O)(Oc3ccc(cc3)O2)O1. The molecular weight excluding hydrogens is 370 g/mol. The third-order valence-corrected chi connectivity index (χ3v) is 6.24. The van der Waals surface area contributed by atoms with Crippen molar-refractivity contribution in [1.82, 2.24) is 0 Å². The van der Waals surface area contributed by atoms with Crippen LogP contribution >= 0.6 is 15.6 Å². The van der Waals surface area contributed by atoms with Crippen molar-refractivity contribution in [1.29, 1.82) is 0 Å². The van der Waals surface area contributed by atoms with Gasteiger partial charge in [0.15, 0.2) is 5.79 Å². The number of hydrogen-bond acceptors (Lipinski definition) is 8. The molecule has 0 atom stereocenters. The monoisotopic (exact) mass is 384 g/mol. The van der Waals surface area contributed by atoms with Crippen LogP contribution in [0.1, 0.15) is 13.8 Å². The molecular formula is C15H14O8P2. The van der Waals surface area contributed by atoms with Crippen molar-refractivity contribution in [3.05, 3.63) is 48.5 Å². The Bertz CT molecular complexity index is 759. The van der Waals surface area contributed by atoms with Crippen LogP contribution in [0.5, 0.6) is 23.0 Å². The molecule has 0 saturated carbocycles. The quantitative estimate of drug-likeness (QED) is 0.592. The first kappa shape index (κ1) is 16.5. The Kier molecular flexibility index (Phi) is 3.63. The first-order valence-electron chi connectivity index (χ1n) is 7.33. The van der Waals surface area contributed by atoms with Crippen LogP contribution in [0, 0.1) is 0 Å². The summed E-state index contributed by atoms with van der Waals surface area (Å²) in [5.41, 5.74) is 0. The maximum Gasteiger partial charge on any atom is 0.590 e. The smallest absolute Gasteiger partial charge is 0.395 e. The molecule has 0 aromatic heterocycles. The van der Waals surface area contributed by atoms with E-state index >= 15 is 0 Å². The molecule has 132 valence electrons. The Morgan fingerprint density at radius 1 is 0.600 bits per heavy atom. The molecule has 10 heteroatoms. The number of phosphoric acid groups is 2. The summed E-state index contributed by atoms with van der Waals surface area (Å²) in [4.78, 5) is 0. The van der Waals surface area contributed by atoms with Gasteiger partial charge in [0.1, 0.15) is 23.0 Å². The van der Waals surface area contributed by atoms with E-state index in [9.17, 15) is 9.13 Å². The lowest BCUT2D eigenvalue weighted by molar-refractivity contribution is -0.104. The largest absolute Gasteiger partial charge is 0.590 e. The molecule has 2 aromatic rings. The van der Waals surface area contributed by atoms with Gasteiger partial charge in [0.25, 0.3) is 0 Å². The Morgan fingerprint density at radius 3 is 1.08 bits per heavy atom. The Balaban J connectivity index is 1.94. The lowest BCUT2D eigenvalue weighted by atomic mass is 10.3. The molecule has 0 fully saturated rings. The second-order valence-electron chi connectivity index (χ2n) is 5.78. The molecule has 0 aliphatic carbocycles. The molecule has 0 amide bonds. The third kappa shape index (κ3) is 3.53. The number of hydrogen-bond donors (Lipinski definition) is 0. The average Bonchev–Trinajstić information content (AvgIpc) is 2.52. The number of phosphoric ester groups is 2. The van der Waals surface area contributed by atoms with Crippen molar-refractivity contribution in [3.63, 3.8) is 0 Å². The highest BCUT2D eigenvalue weighted by Crippen LogP contribution is 2.60. The second-order valence-corrected chi connectivity index (χ2v) is 8.67. The fourth-order valence-corrected chi connectivity index (χ4v) is 5.26. The average molecular weight is 384 g/mol. The minimum absolute atomic E-state index is 0.220. The van der Waals surface area contributed by atoms with E-state index in [1.54, 1.807) is 0 Å². The molecule has 6 rings (SSSR count). The van der Waals surface area contributed by atoms with E-state index in [2.05, 4.69) is 0 Å². The van der Waals surface area contributed by atoms with Gasteiger partial charge in [0, 0.05) is 0 Å². The van der Waals surface area contributed by atoms with E-state index in [-0.39, 0.29) is 23.0 Å². The van der Waals surface area contributed by atoms with Gasteiger partial charge in [-0.1, -0.05) is 0 Å². The van der Waals surface area contributed by atoms with E-state index in [0.717, 1.165) is 0 Å². The fourth-order valence-electron chi connectivity index (χ4n) is 2.31. The molecule has 0 spiro atoms. The summed E-state index contributed by atoms with van der Waals surface area (Å²) in [7, 11) is -8.36. The van der Waals surface area contributed by atoms with Crippen LogP contribution in [0.15, 0.2) is 48.5 Å². The van der Waals surface area contributed by atoms with Gasteiger partial charge in [-0.05, 0) is 62.4 Å². The Morgan fingerprint density at radius 2 is 0.840 bits per heavy atom. The minimum Gasteiger partial charge on any atom is -0.395 e. The molecule has 0 saturated heterocycles. The summed E-state index contributed by atoms with van der Waals surface area (Å²) in [5, 5.41) is 0. The molecule has 8 nitrogen and oxygen atoms in total. The molecule has 0 radical (unpaired) electrons. The molecule has 0 N–H and O–H groups in total. The third-order valence-electron chi connectivity index (χ3n) is 3.18. The van der Waals surface area contributed by atoms with Crippen molar-refractivity contribution in [2.24, 2.45) is 0 Å². The number of fused-ring (bicyclic) bond motifs is 4. The van der Waals surface area contributed by atoms with Crippen LogP contribution in [0.4, 0.5) is 0 Å². The molecule has 4 aliphatic rings. The van der Waals surface area contributed by atoms with Crippen molar-refractivity contribution in [2.75, 3.05) is 0 Å². The maximum atomic E-state index is 13.2. The van der Waals surface area contributed by atoms with Gasteiger partial charge in [-0.15, -0.1) is 0 Å². The van der Waals surface area contributed by atoms with Crippen molar-refractivity contribution in [3.8, 4) is 23.0 Å². The van der Waals surface area contributed by atoms with Gasteiger partial charge in [-0.2, -0.15) is 0 Å². The van der Waals surface area contributed by atoms with Gasteiger partial charge in [-0.25, -0.2) is 18.2 Å². The van der Waals surface area contributed by atoms with Gasteiger partial charge >= 0.3 is 15.6 Å². The normalized spacial score (nSPS) is 29.5. The van der Waals surface area contributed by atoms with Crippen LogP contribution in [0.2, 0.25) is 0 Å². The lowest BCUT2D eigenvalue weighted by Gasteiger charge is -2.29. The topological polar surface area (TPSA) is 89.5 Å². The zero-order valence-electron chi connectivity index (χ0n) is 13.3. The van der Waals surface area contributed by atoms with Crippen LogP contribution in [0.3, 0.4) is 0 Å². The lowest BCUT2D eigenvalue weighted by Crippen LogP contribution is -2.29. The number of benzene rings is 2. The van der Waals surface area contributed by atoms with E-state index in [1.807, 2.05) is 0 Å². The van der Waals surface area contributed by atoms with Crippen molar-refractivity contribution in [2.45, 2.75) is 19.6 Å². The highest BCUT2D eigenvalue weighted by atomic mass is 31.2. The Labute approximate surface area is 143 Å². The highest BCUT2D eigenvalue weighted by Gasteiger charge is 2.47. The van der Waals surface area contributed by atoms with E-state index in [0.29, 0.717) is 0 Å². The zero-order valence-corrected chi connectivity index (χ0v) is 15.1. The van der Waals surface area contributed by atoms with Gasteiger partial charge in [-0.3, -0.25) is 0 Å².